The highest BCUT2D eigenvalue weighted by molar-refractivity contribution is 7.85. The van der Waals surface area contributed by atoms with Crippen LogP contribution in [-0.4, -0.2) is 18.1 Å². The van der Waals surface area contributed by atoms with Crippen LogP contribution >= 0.6 is 0 Å². The first-order valence-electron chi connectivity index (χ1n) is 5.28. The molecule has 2 aromatic carbocycles. The molecule has 0 bridgehead atoms. The van der Waals surface area contributed by atoms with Gasteiger partial charge in [-0.1, -0.05) is 54.6 Å². The Morgan fingerprint density at radius 3 is 1.83 bits per heavy atom. The van der Waals surface area contributed by atoms with Crippen molar-refractivity contribution in [2.24, 2.45) is 0 Å². The lowest BCUT2D eigenvalue weighted by molar-refractivity contribution is 0.238. The molecule has 94 valence electrons. The van der Waals surface area contributed by atoms with Crippen LogP contribution in [-0.2, 0) is 10.1 Å². The van der Waals surface area contributed by atoms with Crippen LogP contribution in [0.5, 0.6) is 0 Å². The monoisotopic (exact) mass is 264 g/mol. The van der Waals surface area contributed by atoms with Crippen molar-refractivity contribution in [1.29, 1.82) is 0 Å². The van der Waals surface area contributed by atoms with E-state index in [0.717, 1.165) is 11.1 Å². The molecule has 1 unspecified atom stereocenters. The molecular formula is C13H12O4S. The van der Waals surface area contributed by atoms with Crippen molar-refractivity contribution >= 4 is 10.1 Å². The molecule has 0 amide bonds. The van der Waals surface area contributed by atoms with Crippen LogP contribution in [0.2, 0.25) is 0 Å². The second-order valence-electron chi connectivity index (χ2n) is 3.86. The SMILES string of the molecule is O=S(=O)(O)C(O)c1ccc(-c2ccccc2)cc1. The first-order valence-corrected chi connectivity index (χ1v) is 6.78. The number of benzene rings is 2. The summed E-state index contributed by atoms with van der Waals surface area (Å²) in [4.78, 5) is 0. The van der Waals surface area contributed by atoms with Gasteiger partial charge in [-0.05, 0) is 16.7 Å². The maximum atomic E-state index is 10.8. The van der Waals surface area contributed by atoms with Gasteiger partial charge < -0.3 is 5.11 Å². The van der Waals surface area contributed by atoms with Crippen LogP contribution in [0.15, 0.2) is 54.6 Å². The summed E-state index contributed by atoms with van der Waals surface area (Å²) in [5.74, 6) is 0. The van der Waals surface area contributed by atoms with E-state index in [9.17, 15) is 13.5 Å². The van der Waals surface area contributed by atoms with E-state index in [4.69, 9.17) is 4.55 Å². The van der Waals surface area contributed by atoms with Crippen molar-refractivity contribution in [2.75, 3.05) is 0 Å². The highest BCUT2D eigenvalue weighted by Crippen LogP contribution is 2.23. The van der Waals surface area contributed by atoms with Crippen molar-refractivity contribution in [3.63, 3.8) is 0 Å². The van der Waals surface area contributed by atoms with Gasteiger partial charge in [-0.2, -0.15) is 8.42 Å². The minimum absolute atomic E-state index is 0.136. The van der Waals surface area contributed by atoms with Gasteiger partial charge in [0, 0.05) is 0 Å². The summed E-state index contributed by atoms with van der Waals surface area (Å²) in [5.41, 5.74) is 0.131. The molecule has 0 saturated heterocycles. The lowest BCUT2D eigenvalue weighted by Crippen LogP contribution is -2.10. The average Bonchev–Trinajstić information content (AvgIpc) is 2.38. The molecule has 5 heteroatoms. The quantitative estimate of drug-likeness (QED) is 0.834. The third kappa shape index (κ3) is 2.76. The zero-order valence-corrected chi connectivity index (χ0v) is 10.2. The average molecular weight is 264 g/mol. The van der Waals surface area contributed by atoms with Crippen molar-refractivity contribution < 1.29 is 18.1 Å². The van der Waals surface area contributed by atoms with Crippen molar-refractivity contribution in [3.8, 4) is 11.1 Å². The van der Waals surface area contributed by atoms with E-state index in [-0.39, 0.29) is 5.56 Å². The highest BCUT2D eigenvalue weighted by Gasteiger charge is 2.21. The smallest absolute Gasteiger partial charge is 0.296 e. The molecule has 0 aromatic heterocycles. The Balaban J connectivity index is 2.32. The molecule has 2 rings (SSSR count). The molecule has 0 spiro atoms. The maximum absolute atomic E-state index is 10.8. The number of rotatable bonds is 3. The number of hydrogen-bond acceptors (Lipinski definition) is 3. The van der Waals surface area contributed by atoms with Gasteiger partial charge in [-0.3, -0.25) is 4.55 Å². The Labute approximate surface area is 105 Å². The predicted octanol–water partition coefficient (Wildman–Crippen LogP) is 2.23. The van der Waals surface area contributed by atoms with E-state index >= 15 is 0 Å². The Morgan fingerprint density at radius 2 is 1.33 bits per heavy atom. The summed E-state index contributed by atoms with van der Waals surface area (Å²) in [6.45, 7) is 0. The molecule has 0 fully saturated rings. The molecule has 0 aliphatic heterocycles. The van der Waals surface area contributed by atoms with Gasteiger partial charge in [0.25, 0.3) is 10.1 Å². The van der Waals surface area contributed by atoms with Gasteiger partial charge in [0.2, 0.25) is 5.44 Å². The lowest BCUT2D eigenvalue weighted by atomic mass is 10.0. The molecule has 0 heterocycles. The normalized spacial score (nSPS) is 13.2. The van der Waals surface area contributed by atoms with Crippen LogP contribution in [0, 0.1) is 0 Å². The van der Waals surface area contributed by atoms with Crippen LogP contribution in [0.4, 0.5) is 0 Å². The van der Waals surface area contributed by atoms with E-state index < -0.39 is 15.6 Å². The minimum Gasteiger partial charge on any atom is -0.371 e. The van der Waals surface area contributed by atoms with Gasteiger partial charge in [0.1, 0.15) is 0 Å². The molecular weight excluding hydrogens is 252 g/mol. The van der Waals surface area contributed by atoms with Gasteiger partial charge in [-0.15, -0.1) is 0 Å². The first kappa shape index (κ1) is 12.8. The summed E-state index contributed by atoms with van der Waals surface area (Å²) in [6, 6.07) is 15.9. The fourth-order valence-corrected chi connectivity index (χ4v) is 2.14. The second-order valence-corrected chi connectivity index (χ2v) is 5.33. The lowest BCUT2D eigenvalue weighted by Gasteiger charge is -2.08. The van der Waals surface area contributed by atoms with Gasteiger partial charge in [-0.25, -0.2) is 0 Å². The molecule has 4 nitrogen and oxygen atoms in total. The topological polar surface area (TPSA) is 74.6 Å². The summed E-state index contributed by atoms with van der Waals surface area (Å²) in [6.07, 6.45) is 0. The maximum Gasteiger partial charge on any atom is 0.296 e. The minimum atomic E-state index is -4.48. The Morgan fingerprint density at radius 1 is 0.833 bits per heavy atom. The summed E-state index contributed by atoms with van der Waals surface area (Å²) < 4.78 is 30.3. The zero-order valence-electron chi connectivity index (χ0n) is 9.39. The van der Waals surface area contributed by atoms with Crippen LogP contribution in [0.3, 0.4) is 0 Å². The van der Waals surface area contributed by atoms with Gasteiger partial charge >= 0.3 is 0 Å². The van der Waals surface area contributed by atoms with E-state index in [2.05, 4.69) is 0 Å². The van der Waals surface area contributed by atoms with E-state index in [1.807, 2.05) is 30.3 Å². The van der Waals surface area contributed by atoms with Gasteiger partial charge in [0.05, 0.1) is 0 Å². The third-order valence-corrected chi connectivity index (χ3v) is 3.42. The van der Waals surface area contributed by atoms with E-state index in [1.165, 1.54) is 12.1 Å². The number of hydrogen-bond donors (Lipinski definition) is 2. The van der Waals surface area contributed by atoms with E-state index in [0.29, 0.717) is 0 Å². The van der Waals surface area contributed by atoms with Crippen LogP contribution in [0.1, 0.15) is 11.0 Å². The summed E-state index contributed by atoms with van der Waals surface area (Å²) in [7, 11) is -4.48. The molecule has 2 N–H and O–H groups in total. The Kier molecular flexibility index (Phi) is 3.47. The molecule has 0 aliphatic rings. The molecule has 0 radical (unpaired) electrons. The Bertz CT molecular complexity index is 618. The van der Waals surface area contributed by atoms with Crippen molar-refractivity contribution in [3.05, 3.63) is 60.2 Å². The largest absolute Gasteiger partial charge is 0.371 e. The van der Waals surface area contributed by atoms with Crippen LogP contribution in [0.25, 0.3) is 11.1 Å². The molecule has 18 heavy (non-hydrogen) atoms. The van der Waals surface area contributed by atoms with E-state index in [1.54, 1.807) is 12.1 Å². The van der Waals surface area contributed by atoms with Gasteiger partial charge in [0.15, 0.2) is 0 Å². The fraction of sp³-hybridized carbons (Fsp3) is 0.0769. The fourth-order valence-electron chi connectivity index (χ4n) is 1.64. The van der Waals surface area contributed by atoms with Crippen molar-refractivity contribution in [1.82, 2.24) is 0 Å². The molecule has 0 aliphatic carbocycles. The first-order chi connectivity index (χ1) is 8.48. The predicted molar refractivity (Wildman–Crippen MR) is 68.4 cm³/mol. The van der Waals surface area contributed by atoms with Crippen molar-refractivity contribution in [2.45, 2.75) is 5.44 Å². The Hall–Kier alpha value is -1.69. The van der Waals surface area contributed by atoms with Crippen LogP contribution < -0.4 is 0 Å². The molecule has 2 aromatic rings. The zero-order chi connectivity index (χ0) is 13.2. The number of aliphatic hydroxyl groups excluding tert-OH is 1. The second kappa shape index (κ2) is 4.89. The number of aliphatic hydroxyl groups is 1. The standard InChI is InChI=1S/C13H12O4S/c14-13(18(15,16)17)12-8-6-11(7-9-12)10-4-2-1-3-5-10/h1-9,13-14H,(H,15,16,17). The molecule has 1 atom stereocenters. The third-order valence-electron chi connectivity index (χ3n) is 2.59. The molecule has 0 saturated carbocycles. The summed E-state index contributed by atoms with van der Waals surface area (Å²) in [5, 5.41) is 9.38. The summed E-state index contributed by atoms with van der Waals surface area (Å²) >= 11 is 0. The highest BCUT2D eigenvalue weighted by atomic mass is 32.2.